The van der Waals surface area contributed by atoms with E-state index < -0.39 is 0 Å². The highest BCUT2D eigenvalue weighted by Crippen LogP contribution is 2.22. The smallest absolute Gasteiger partial charge is 0.0521 e. The van der Waals surface area contributed by atoms with Crippen molar-refractivity contribution in [2.24, 2.45) is 5.92 Å². The highest BCUT2D eigenvalue weighted by Gasteiger charge is 2.14. The lowest BCUT2D eigenvalue weighted by atomic mass is 10.1. The fourth-order valence-electron chi connectivity index (χ4n) is 1.94. The topological polar surface area (TPSA) is 29.9 Å². The van der Waals surface area contributed by atoms with Crippen LogP contribution in [0.25, 0.3) is 0 Å². The number of nitrogens with zero attached hydrogens (tertiary/aromatic N) is 2. The lowest BCUT2D eigenvalue weighted by molar-refractivity contribution is 0.505. The predicted molar refractivity (Wildman–Crippen MR) is 65.0 cm³/mol. The third-order valence-electron chi connectivity index (χ3n) is 2.87. The van der Waals surface area contributed by atoms with Crippen molar-refractivity contribution in [3.63, 3.8) is 0 Å². The van der Waals surface area contributed by atoms with Gasteiger partial charge in [-0.05, 0) is 43.4 Å². The van der Waals surface area contributed by atoms with Crippen LogP contribution in [0.1, 0.15) is 19.0 Å². The summed E-state index contributed by atoms with van der Waals surface area (Å²) in [5, 5.41) is 7.79. The van der Waals surface area contributed by atoms with E-state index in [0.29, 0.717) is 0 Å². The van der Waals surface area contributed by atoms with Crippen LogP contribution in [0, 0.1) is 5.92 Å². The first-order valence-electron chi connectivity index (χ1n) is 5.69. The van der Waals surface area contributed by atoms with Crippen molar-refractivity contribution in [3.05, 3.63) is 18.0 Å². The van der Waals surface area contributed by atoms with Crippen LogP contribution in [0.2, 0.25) is 0 Å². The Labute approximate surface area is 95.6 Å². The molecule has 0 aliphatic carbocycles. The van der Waals surface area contributed by atoms with Gasteiger partial charge in [-0.15, -0.1) is 0 Å². The highest BCUT2D eigenvalue weighted by molar-refractivity contribution is 7.99. The monoisotopic (exact) mass is 225 g/mol. The number of aromatic nitrogens is 2. The molecule has 2 heterocycles. The molecule has 1 atom stereocenters. The quantitative estimate of drug-likeness (QED) is 0.828. The third kappa shape index (κ3) is 2.98. The average molecular weight is 225 g/mol. The normalized spacial score (nSPS) is 21.0. The molecule has 1 aliphatic rings. The number of hydrogen-bond donors (Lipinski definition) is 1. The van der Waals surface area contributed by atoms with E-state index in [4.69, 9.17) is 0 Å². The van der Waals surface area contributed by atoms with Crippen LogP contribution < -0.4 is 5.32 Å². The van der Waals surface area contributed by atoms with E-state index in [9.17, 15) is 0 Å². The molecule has 1 fully saturated rings. The number of rotatable bonds is 5. The zero-order valence-corrected chi connectivity index (χ0v) is 10.1. The molecule has 0 radical (unpaired) electrons. The Morgan fingerprint density at radius 3 is 3.33 bits per heavy atom. The van der Waals surface area contributed by atoms with Gasteiger partial charge in [0.2, 0.25) is 0 Å². The molecule has 15 heavy (non-hydrogen) atoms. The standard InChI is InChI=1S/C11H19N3S/c1-2-14-11(3-5-13-14)8-12-7-10-4-6-15-9-10/h3,5,10,12H,2,4,6-9H2,1H3. The molecule has 1 aromatic rings. The molecule has 0 saturated carbocycles. The molecule has 0 bridgehead atoms. The molecular weight excluding hydrogens is 206 g/mol. The largest absolute Gasteiger partial charge is 0.311 e. The van der Waals surface area contributed by atoms with Gasteiger partial charge in [0.15, 0.2) is 0 Å². The van der Waals surface area contributed by atoms with Crippen molar-refractivity contribution in [3.8, 4) is 0 Å². The van der Waals surface area contributed by atoms with E-state index >= 15 is 0 Å². The van der Waals surface area contributed by atoms with Gasteiger partial charge < -0.3 is 5.32 Å². The minimum absolute atomic E-state index is 0.882. The SMILES string of the molecule is CCn1nccc1CNCC1CCSC1. The van der Waals surface area contributed by atoms with Crippen LogP contribution in [0.3, 0.4) is 0 Å². The van der Waals surface area contributed by atoms with Gasteiger partial charge in [-0.25, -0.2) is 0 Å². The Bertz CT molecular complexity index is 292. The van der Waals surface area contributed by atoms with Gasteiger partial charge in [-0.1, -0.05) is 0 Å². The summed E-state index contributed by atoms with van der Waals surface area (Å²) in [6, 6.07) is 2.10. The Balaban J connectivity index is 1.73. The number of hydrogen-bond acceptors (Lipinski definition) is 3. The minimum atomic E-state index is 0.882. The average Bonchev–Trinajstić information content (AvgIpc) is 2.88. The summed E-state index contributed by atoms with van der Waals surface area (Å²) < 4.78 is 2.05. The molecular formula is C11H19N3S. The van der Waals surface area contributed by atoms with Crippen LogP contribution in [0.4, 0.5) is 0 Å². The first-order chi connectivity index (χ1) is 7.40. The second-order valence-corrected chi connectivity index (χ2v) is 5.15. The Kier molecular flexibility index (Phi) is 4.09. The maximum absolute atomic E-state index is 4.26. The van der Waals surface area contributed by atoms with Gasteiger partial charge in [0.05, 0.1) is 5.69 Å². The van der Waals surface area contributed by atoms with Crippen LogP contribution in [-0.4, -0.2) is 27.8 Å². The zero-order valence-electron chi connectivity index (χ0n) is 9.28. The fraction of sp³-hybridized carbons (Fsp3) is 0.727. The maximum atomic E-state index is 4.26. The van der Waals surface area contributed by atoms with Gasteiger partial charge in [0, 0.05) is 19.3 Å². The molecule has 0 aromatic carbocycles. The van der Waals surface area contributed by atoms with Gasteiger partial charge >= 0.3 is 0 Å². The van der Waals surface area contributed by atoms with Crippen molar-refractivity contribution in [1.29, 1.82) is 0 Å². The molecule has 0 spiro atoms. The molecule has 2 rings (SSSR count). The van der Waals surface area contributed by atoms with Gasteiger partial charge in [0.25, 0.3) is 0 Å². The summed E-state index contributed by atoms with van der Waals surface area (Å²) in [4.78, 5) is 0. The predicted octanol–water partition coefficient (Wildman–Crippen LogP) is 1.75. The summed E-state index contributed by atoms with van der Waals surface area (Å²) in [5.74, 6) is 3.56. The number of nitrogens with one attached hydrogen (secondary N) is 1. The second-order valence-electron chi connectivity index (χ2n) is 4.00. The van der Waals surface area contributed by atoms with Crippen molar-refractivity contribution in [2.75, 3.05) is 18.1 Å². The second kappa shape index (κ2) is 5.56. The molecule has 1 unspecified atom stereocenters. The van der Waals surface area contributed by atoms with Crippen molar-refractivity contribution in [2.45, 2.75) is 26.4 Å². The Morgan fingerprint density at radius 1 is 1.67 bits per heavy atom. The molecule has 4 heteroatoms. The zero-order chi connectivity index (χ0) is 10.5. The summed E-state index contributed by atoms with van der Waals surface area (Å²) in [7, 11) is 0. The van der Waals surface area contributed by atoms with Crippen molar-refractivity contribution < 1.29 is 0 Å². The molecule has 84 valence electrons. The van der Waals surface area contributed by atoms with Gasteiger partial charge in [-0.3, -0.25) is 4.68 Å². The number of thioether (sulfide) groups is 1. The van der Waals surface area contributed by atoms with Crippen LogP contribution >= 0.6 is 11.8 Å². The van der Waals surface area contributed by atoms with Crippen LogP contribution in [0.5, 0.6) is 0 Å². The molecule has 1 N–H and O–H groups in total. The van der Waals surface area contributed by atoms with E-state index in [1.54, 1.807) is 0 Å². The van der Waals surface area contributed by atoms with E-state index in [0.717, 1.165) is 25.6 Å². The van der Waals surface area contributed by atoms with Gasteiger partial charge in [0.1, 0.15) is 0 Å². The summed E-state index contributed by atoms with van der Waals surface area (Å²) in [5.41, 5.74) is 1.29. The molecule has 1 aliphatic heterocycles. The Hall–Kier alpha value is -0.480. The van der Waals surface area contributed by atoms with Crippen LogP contribution in [-0.2, 0) is 13.1 Å². The highest BCUT2D eigenvalue weighted by atomic mass is 32.2. The van der Waals surface area contributed by atoms with Crippen molar-refractivity contribution >= 4 is 11.8 Å². The molecule has 0 amide bonds. The van der Waals surface area contributed by atoms with E-state index in [1.807, 2.05) is 6.20 Å². The number of aryl methyl sites for hydroxylation is 1. The third-order valence-corrected chi connectivity index (χ3v) is 4.10. The minimum Gasteiger partial charge on any atom is -0.311 e. The van der Waals surface area contributed by atoms with Gasteiger partial charge in [-0.2, -0.15) is 16.9 Å². The first-order valence-corrected chi connectivity index (χ1v) is 6.84. The summed E-state index contributed by atoms with van der Waals surface area (Å²) in [6.45, 7) is 5.20. The fourth-order valence-corrected chi connectivity index (χ4v) is 3.23. The summed E-state index contributed by atoms with van der Waals surface area (Å²) >= 11 is 2.08. The molecule has 1 aromatic heterocycles. The van der Waals surface area contributed by atoms with E-state index in [1.165, 1.54) is 23.6 Å². The lowest BCUT2D eigenvalue weighted by Crippen LogP contribution is -2.23. The lowest BCUT2D eigenvalue weighted by Gasteiger charge is -2.10. The molecule has 1 saturated heterocycles. The molecule has 3 nitrogen and oxygen atoms in total. The van der Waals surface area contributed by atoms with Crippen molar-refractivity contribution in [1.82, 2.24) is 15.1 Å². The van der Waals surface area contributed by atoms with E-state index in [2.05, 4.69) is 39.8 Å². The van der Waals surface area contributed by atoms with Crippen LogP contribution in [0.15, 0.2) is 12.3 Å². The van der Waals surface area contributed by atoms with E-state index in [-0.39, 0.29) is 0 Å². The maximum Gasteiger partial charge on any atom is 0.0521 e. The summed E-state index contributed by atoms with van der Waals surface area (Å²) in [6.07, 6.45) is 3.26. The first kappa shape index (κ1) is 11.0. The Morgan fingerprint density at radius 2 is 2.60 bits per heavy atom.